The van der Waals surface area contributed by atoms with Gasteiger partial charge in [0.25, 0.3) is 0 Å². The summed E-state index contributed by atoms with van der Waals surface area (Å²) in [5, 5.41) is 9.41. The van der Waals surface area contributed by atoms with Crippen LogP contribution in [0.5, 0.6) is 0 Å². The lowest BCUT2D eigenvalue weighted by Gasteiger charge is -2.38. The summed E-state index contributed by atoms with van der Waals surface area (Å²) in [5.41, 5.74) is -0.772. The Hall–Kier alpha value is -1.10. The zero-order valence-corrected chi connectivity index (χ0v) is 14.8. The van der Waals surface area contributed by atoms with Gasteiger partial charge in [0, 0.05) is 40.0 Å². The van der Waals surface area contributed by atoms with Crippen LogP contribution in [0.1, 0.15) is 12.8 Å². The third-order valence-electron chi connectivity index (χ3n) is 3.42. The minimum Gasteiger partial charge on any atom is -0.415 e. The molecule has 6 nitrogen and oxygen atoms in total. The highest BCUT2D eigenvalue weighted by Gasteiger charge is 2.37. The minimum atomic E-state index is -1.54. The van der Waals surface area contributed by atoms with Crippen molar-refractivity contribution >= 4 is 14.3 Å². The zero-order chi connectivity index (χ0) is 16.1. The molecule has 21 heavy (non-hydrogen) atoms. The molecule has 0 bridgehead atoms. The molecule has 120 valence electrons. The van der Waals surface area contributed by atoms with E-state index in [4.69, 9.17) is 9.16 Å². The Bertz CT molecular complexity index is 393. The lowest BCUT2D eigenvalue weighted by atomic mass is 9.93. The van der Waals surface area contributed by atoms with Crippen molar-refractivity contribution in [3.63, 3.8) is 0 Å². The monoisotopic (exact) mass is 313 g/mol. The molecule has 0 spiro atoms. The molecule has 1 aliphatic rings. The maximum Gasteiger partial charge on any atom is 0.319 e. The fourth-order valence-electron chi connectivity index (χ4n) is 2.22. The molecule has 0 aliphatic carbocycles. The Morgan fingerprint density at radius 3 is 2.29 bits per heavy atom. The average Bonchev–Trinajstić information content (AvgIpc) is 2.42. The number of amides is 2. The number of likely N-dealkylation sites (tertiary alicyclic amines) is 1. The van der Waals surface area contributed by atoms with E-state index in [-0.39, 0.29) is 6.03 Å². The predicted octanol–water partition coefficient (Wildman–Crippen LogP) is 1.89. The summed E-state index contributed by atoms with van der Waals surface area (Å²) in [4.78, 5) is 15.2. The highest BCUT2D eigenvalue weighted by atomic mass is 28.4. The van der Waals surface area contributed by atoms with Gasteiger partial charge in [0.2, 0.25) is 0 Å². The van der Waals surface area contributed by atoms with E-state index in [1.807, 2.05) is 0 Å². The molecule has 1 rings (SSSR count). The summed E-state index contributed by atoms with van der Waals surface area (Å²) in [6, 6.07) is 2.28. The van der Waals surface area contributed by atoms with Crippen molar-refractivity contribution in [3.05, 3.63) is 0 Å². The summed E-state index contributed by atoms with van der Waals surface area (Å²) in [5.74, 6) is 0. The third kappa shape index (κ3) is 5.65. The van der Waals surface area contributed by atoms with Crippen LogP contribution in [0.4, 0.5) is 4.79 Å². The standard InChI is InChI=1S/C14H27N3O3Si/c1-16(2)13(18)17-8-6-14(12-15,7-9-17)19-10-11-20-21(3,4)5/h6-11H2,1-5H3. The van der Waals surface area contributed by atoms with Gasteiger partial charge in [0.05, 0.1) is 19.3 Å². The number of hydrogen-bond acceptors (Lipinski definition) is 4. The summed E-state index contributed by atoms with van der Waals surface area (Å²) in [6.45, 7) is 8.44. The number of ether oxygens (including phenoxy) is 1. The van der Waals surface area contributed by atoms with Gasteiger partial charge in [-0.15, -0.1) is 0 Å². The van der Waals surface area contributed by atoms with Gasteiger partial charge >= 0.3 is 6.03 Å². The van der Waals surface area contributed by atoms with Crippen LogP contribution in [0, 0.1) is 11.3 Å². The van der Waals surface area contributed by atoms with Crippen LogP contribution in [0.25, 0.3) is 0 Å². The van der Waals surface area contributed by atoms with Gasteiger partial charge in [-0.25, -0.2) is 4.79 Å². The topological polar surface area (TPSA) is 65.8 Å². The van der Waals surface area contributed by atoms with Crippen molar-refractivity contribution in [1.82, 2.24) is 9.80 Å². The summed E-state index contributed by atoms with van der Waals surface area (Å²) in [7, 11) is 1.93. The van der Waals surface area contributed by atoms with Crippen molar-refractivity contribution in [2.24, 2.45) is 0 Å². The number of urea groups is 1. The Labute approximate surface area is 128 Å². The molecular weight excluding hydrogens is 286 g/mol. The van der Waals surface area contributed by atoms with Crippen LogP contribution < -0.4 is 0 Å². The summed E-state index contributed by atoms with van der Waals surface area (Å²) >= 11 is 0. The molecule has 0 N–H and O–H groups in total. The maximum absolute atomic E-state index is 11.9. The van der Waals surface area contributed by atoms with Crippen molar-refractivity contribution < 1.29 is 14.0 Å². The van der Waals surface area contributed by atoms with Crippen LogP contribution in [-0.2, 0) is 9.16 Å². The van der Waals surface area contributed by atoms with Gasteiger partial charge in [-0.2, -0.15) is 5.26 Å². The number of piperidine rings is 1. The molecule has 1 fully saturated rings. The van der Waals surface area contributed by atoms with Gasteiger partial charge in [-0.1, -0.05) is 0 Å². The van der Waals surface area contributed by atoms with E-state index >= 15 is 0 Å². The fourth-order valence-corrected chi connectivity index (χ4v) is 2.91. The first-order valence-corrected chi connectivity index (χ1v) is 10.8. The fraction of sp³-hybridized carbons (Fsp3) is 0.857. The number of carbonyl (C=O) groups excluding carboxylic acids is 1. The van der Waals surface area contributed by atoms with Crippen LogP contribution in [-0.4, -0.2) is 70.1 Å². The Morgan fingerprint density at radius 1 is 1.29 bits per heavy atom. The lowest BCUT2D eigenvalue weighted by molar-refractivity contribution is -0.0490. The van der Waals surface area contributed by atoms with Crippen LogP contribution >= 0.6 is 0 Å². The van der Waals surface area contributed by atoms with Crippen molar-refractivity contribution in [1.29, 1.82) is 5.26 Å². The second kappa shape index (κ2) is 7.25. The molecule has 1 aliphatic heterocycles. The van der Waals surface area contributed by atoms with E-state index in [1.165, 1.54) is 0 Å². The van der Waals surface area contributed by atoms with E-state index < -0.39 is 13.9 Å². The first-order valence-electron chi connectivity index (χ1n) is 7.34. The van der Waals surface area contributed by atoms with Crippen LogP contribution in [0.2, 0.25) is 19.6 Å². The number of rotatable bonds is 5. The summed E-state index contributed by atoms with van der Waals surface area (Å²) < 4.78 is 11.5. The Morgan fingerprint density at radius 2 is 1.86 bits per heavy atom. The van der Waals surface area contributed by atoms with E-state index in [1.54, 1.807) is 23.9 Å². The lowest BCUT2D eigenvalue weighted by Crippen LogP contribution is -2.50. The quantitative estimate of drug-likeness (QED) is 0.574. The van der Waals surface area contributed by atoms with Crippen molar-refractivity contribution in [3.8, 4) is 6.07 Å². The van der Waals surface area contributed by atoms with Crippen molar-refractivity contribution in [2.45, 2.75) is 38.1 Å². The van der Waals surface area contributed by atoms with E-state index in [0.29, 0.717) is 39.1 Å². The van der Waals surface area contributed by atoms with E-state index in [2.05, 4.69) is 25.7 Å². The van der Waals surface area contributed by atoms with Gasteiger partial charge < -0.3 is 19.0 Å². The molecule has 0 aromatic rings. The third-order valence-corrected chi connectivity index (χ3v) is 4.49. The molecule has 0 saturated carbocycles. The number of carbonyl (C=O) groups is 1. The molecule has 7 heteroatoms. The number of hydrogen-bond donors (Lipinski definition) is 0. The number of nitrogens with zero attached hydrogens (tertiary/aromatic N) is 3. The Balaban J connectivity index is 2.43. The second-order valence-corrected chi connectivity index (χ2v) is 11.1. The van der Waals surface area contributed by atoms with Gasteiger partial charge in [0.1, 0.15) is 0 Å². The molecule has 0 radical (unpaired) electrons. The zero-order valence-electron chi connectivity index (χ0n) is 13.8. The highest BCUT2D eigenvalue weighted by molar-refractivity contribution is 6.69. The van der Waals surface area contributed by atoms with Gasteiger partial charge in [-0.05, 0) is 19.6 Å². The van der Waals surface area contributed by atoms with E-state index in [0.717, 1.165) is 0 Å². The highest BCUT2D eigenvalue weighted by Crippen LogP contribution is 2.26. The van der Waals surface area contributed by atoms with Gasteiger partial charge in [0.15, 0.2) is 13.9 Å². The van der Waals surface area contributed by atoms with Crippen molar-refractivity contribution in [2.75, 3.05) is 40.4 Å². The molecule has 1 heterocycles. The molecular formula is C14H27N3O3Si. The molecule has 0 atom stereocenters. The van der Waals surface area contributed by atoms with Crippen LogP contribution in [0.15, 0.2) is 0 Å². The first kappa shape index (κ1) is 17.9. The summed E-state index contributed by atoms with van der Waals surface area (Å²) in [6.07, 6.45) is 1.10. The molecule has 0 aromatic carbocycles. The van der Waals surface area contributed by atoms with E-state index in [9.17, 15) is 10.1 Å². The molecule has 1 saturated heterocycles. The van der Waals surface area contributed by atoms with Crippen LogP contribution in [0.3, 0.4) is 0 Å². The first-order chi connectivity index (χ1) is 9.69. The number of nitriles is 1. The smallest absolute Gasteiger partial charge is 0.319 e. The molecule has 0 unspecified atom stereocenters. The average molecular weight is 313 g/mol. The van der Waals surface area contributed by atoms with Gasteiger partial charge in [-0.3, -0.25) is 0 Å². The SMILES string of the molecule is CN(C)C(=O)N1CCC(C#N)(OCCO[Si](C)(C)C)CC1. The molecule has 2 amide bonds. The normalized spacial score (nSPS) is 18.2. The largest absolute Gasteiger partial charge is 0.415 e. The minimum absolute atomic E-state index is 0.0106. The Kier molecular flexibility index (Phi) is 6.19. The second-order valence-electron chi connectivity index (χ2n) is 6.58. The predicted molar refractivity (Wildman–Crippen MR) is 83.5 cm³/mol. The maximum atomic E-state index is 11.9. The molecule has 0 aromatic heterocycles.